The van der Waals surface area contributed by atoms with Crippen LogP contribution in [0.1, 0.15) is 44.7 Å². The Labute approximate surface area is 91.9 Å². The molecule has 0 aliphatic heterocycles. The number of aryl methyl sites for hydroxylation is 1. The summed E-state index contributed by atoms with van der Waals surface area (Å²) < 4.78 is 2.10. The summed E-state index contributed by atoms with van der Waals surface area (Å²) in [5.41, 5.74) is 1.37. The Hall–Kier alpha value is -0.830. The zero-order valence-electron chi connectivity index (χ0n) is 9.74. The first-order valence-electron chi connectivity index (χ1n) is 6.06. The minimum absolute atomic E-state index is 0.610. The predicted octanol–water partition coefficient (Wildman–Crippen LogP) is 2.15. The van der Waals surface area contributed by atoms with E-state index in [2.05, 4.69) is 35.0 Å². The minimum Gasteiger partial charge on any atom is -0.314 e. The van der Waals surface area contributed by atoms with Gasteiger partial charge in [-0.05, 0) is 44.7 Å². The molecule has 1 saturated carbocycles. The van der Waals surface area contributed by atoms with Gasteiger partial charge < -0.3 is 5.32 Å². The normalized spacial score (nSPS) is 18.0. The van der Waals surface area contributed by atoms with Crippen LogP contribution in [-0.4, -0.2) is 22.4 Å². The van der Waals surface area contributed by atoms with Gasteiger partial charge in [-0.3, -0.25) is 4.68 Å². The van der Waals surface area contributed by atoms with Crippen molar-refractivity contribution < 1.29 is 0 Å². The maximum absolute atomic E-state index is 4.31. The number of hydrogen-bond donors (Lipinski definition) is 1. The lowest BCUT2D eigenvalue weighted by Gasteiger charge is -2.13. The van der Waals surface area contributed by atoms with E-state index >= 15 is 0 Å². The number of nitrogens with one attached hydrogen (secondary N) is 1. The number of nitrogens with zero attached hydrogens (tertiary/aromatic N) is 2. The molecule has 1 fully saturated rings. The fourth-order valence-corrected chi connectivity index (χ4v) is 1.97. The topological polar surface area (TPSA) is 29.9 Å². The molecular formula is C12H21N3. The van der Waals surface area contributed by atoms with Crippen LogP contribution in [0.4, 0.5) is 0 Å². The average Bonchev–Trinajstić information content (AvgIpc) is 2.94. The smallest absolute Gasteiger partial charge is 0.0492 e. The summed E-state index contributed by atoms with van der Waals surface area (Å²) in [6.45, 7) is 6.55. The molecule has 1 aromatic rings. The zero-order valence-corrected chi connectivity index (χ0v) is 9.74. The minimum atomic E-state index is 0.610. The molecule has 1 aliphatic rings. The van der Waals surface area contributed by atoms with E-state index < -0.39 is 0 Å². The summed E-state index contributed by atoms with van der Waals surface area (Å²) in [5, 5.41) is 7.86. The van der Waals surface area contributed by atoms with Crippen molar-refractivity contribution in [1.82, 2.24) is 15.1 Å². The van der Waals surface area contributed by atoms with Crippen molar-refractivity contribution in [2.45, 2.75) is 51.6 Å². The molecule has 2 rings (SSSR count). The van der Waals surface area contributed by atoms with Gasteiger partial charge in [0.2, 0.25) is 0 Å². The maximum atomic E-state index is 4.31. The van der Waals surface area contributed by atoms with Gasteiger partial charge in [-0.25, -0.2) is 0 Å². The average molecular weight is 207 g/mol. The van der Waals surface area contributed by atoms with E-state index in [1.165, 1.54) is 25.0 Å². The van der Waals surface area contributed by atoms with E-state index in [9.17, 15) is 0 Å². The molecule has 3 nitrogen and oxygen atoms in total. The van der Waals surface area contributed by atoms with Gasteiger partial charge in [0.1, 0.15) is 0 Å². The van der Waals surface area contributed by atoms with E-state index in [0.29, 0.717) is 5.92 Å². The van der Waals surface area contributed by atoms with Gasteiger partial charge in [-0.2, -0.15) is 5.10 Å². The molecule has 1 aliphatic carbocycles. The molecule has 0 bridgehead atoms. The van der Waals surface area contributed by atoms with Crippen LogP contribution in [0.2, 0.25) is 0 Å². The lowest BCUT2D eigenvalue weighted by atomic mass is 10.0. The largest absolute Gasteiger partial charge is 0.314 e. The summed E-state index contributed by atoms with van der Waals surface area (Å²) >= 11 is 0. The summed E-state index contributed by atoms with van der Waals surface area (Å²) in [7, 11) is 0. The van der Waals surface area contributed by atoms with Crippen LogP contribution in [0.5, 0.6) is 0 Å². The Balaban J connectivity index is 1.80. The number of hydrogen-bond acceptors (Lipinski definition) is 2. The Morgan fingerprint density at radius 2 is 2.40 bits per heavy atom. The zero-order chi connectivity index (χ0) is 10.7. The monoisotopic (exact) mass is 207 g/mol. The Morgan fingerprint density at radius 1 is 1.60 bits per heavy atom. The fraction of sp³-hybridized carbons (Fsp3) is 0.750. The molecule has 84 valence electrons. The van der Waals surface area contributed by atoms with Crippen molar-refractivity contribution in [3.8, 4) is 0 Å². The third kappa shape index (κ3) is 2.81. The molecule has 15 heavy (non-hydrogen) atoms. The predicted molar refractivity (Wildman–Crippen MR) is 62.0 cm³/mol. The Kier molecular flexibility index (Phi) is 3.41. The van der Waals surface area contributed by atoms with Gasteiger partial charge in [-0.1, -0.05) is 6.92 Å². The highest BCUT2D eigenvalue weighted by molar-refractivity contribution is 5.06. The molecule has 1 unspecified atom stereocenters. The van der Waals surface area contributed by atoms with Crippen LogP contribution in [0.15, 0.2) is 12.3 Å². The third-order valence-corrected chi connectivity index (χ3v) is 3.14. The first-order valence-corrected chi connectivity index (χ1v) is 6.06. The Bertz CT molecular complexity index is 302. The van der Waals surface area contributed by atoms with Crippen molar-refractivity contribution in [3.63, 3.8) is 0 Å². The molecule has 0 saturated heterocycles. The maximum Gasteiger partial charge on any atom is 0.0492 e. The molecule has 1 N–H and O–H groups in total. The SMILES string of the molecule is CCn1nccc1C(C)CCNC1CC1. The summed E-state index contributed by atoms with van der Waals surface area (Å²) in [6.07, 6.45) is 5.87. The molecule has 0 amide bonds. The Morgan fingerprint density at radius 3 is 3.07 bits per heavy atom. The van der Waals surface area contributed by atoms with Gasteiger partial charge >= 0.3 is 0 Å². The first-order chi connectivity index (χ1) is 7.31. The van der Waals surface area contributed by atoms with Crippen molar-refractivity contribution in [3.05, 3.63) is 18.0 Å². The standard InChI is InChI=1S/C12H21N3/c1-3-15-12(7-9-14-15)10(2)6-8-13-11-4-5-11/h7,9-11,13H,3-6,8H2,1-2H3. The summed E-state index contributed by atoms with van der Waals surface area (Å²) in [4.78, 5) is 0. The van der Waals surface area contributed by atoms with E-state index in [0.717, 1.165) is 19.1 Å². The molecular weight excluding hydrogens is 186 g/mol. The fourth-order valence-electron chi connectivity index (χ4n) is 1.97. The quantitative estimate of drug-likeness (QED) is 0.774. The highest BCUT2D eigenvalue weighted by Crippen LogP contribution is 2.21. The second-order valence-electron chi connectivity index (χ2n) is 4.49. The van der Waals surface area contributed by atoms with Crippen LogP contribution in [0.25, 0.3) is 0 Å². The van der Waals surface area contributed by atoms with E-state index in [1.807, 2.05) is 6.20 Å². The molecule has 1 heterocycles. The van der Waals surface area contributed by atoms with Crippen LogP contribution >= 0.6 is 0 Å². The van der Waals surface area contributed by atoms with Crippen molar-refractivity contribution in [2.75, 3.05) is 6.54 Å². The van der Waals surface area contributed by atoms with Crippen LogP contribution in [0, 0.1) is 0 Å². The lowest BCUT2D eigenvalue weighted by molar-refractivity contribution is 0.536. The van der Waals surface area contributed by atoms with Gasteiger partial charge in [0.25, 0.3) is 0 Å². The van der Waals surface area contributed by atoms with Gasteiger partial charge in [0.05, 0.1) is 0 Å². The van der Waals surface area contributed by atoms with Crippen molar-refractivity contribution in [2.24, 2.45) is 0 Å². The van der Waals surface area contributed by atoms with Crippen molar-refractivity contribution in [1.29, 1.82) is 0 Å². The summed E-state index contributed by atoms with van der Waals surface area (Å²) in [5.74, 6) is 0.610. The summed E-state index contributed by atoms with van der Waals surface area (Å²) in [6, 6.07) is 2.97. The van der Waals surface area contributed by atoms with Gasteiger partial charge in [0, 0.05) is 24.5 Å². The third-order valence-electron chi connectivity index (χ3n) is 3.14. The van der Waals surface area contributed by atoms with Gasteiger partial charge in [0.15, 0.2) is 0 Å². The highest BCUT2D eigenvalue weighted by atomic mass is 15.3. The molecule has 1 atom stereocenters. The number of rotatable bonds is 6. The van der Waals surface area contributed by atoms with E-state index in [1.54, 1.807) is 0 Å². The lowest BCUT2D eigenvalue weighted by Crippen LogP contribution is -2.19. The highest BCUT2D eigenvalue weighted by Gasteiger charge is 2.20. The number of aromatic nitrogens is 2. The molecule has 0 spiro atoms. The van der Waals surface area contributed by atoms with Crippen LogP contribution in [-0.2, 0) is 6.54 Å². The second-order valence-corrected chi connectivity index (χ2v) is 4.49. The molecule has 0 radical (unpaired) electrons. The molecule has 1 aromatic heterocycles. The van der Waals surface area contributed by atoms with E-state index in [4.69, 9.17) is 0 Å². The van der Waals surface area contributed by atoms with Gasteiger partial charge in [-0.15, -0.1) is 0 Å². The van der Waals surface area contributed by atoms with Crippen LogP contribution in [0.3, 0.4) is 0 Å². The second kappa shape index (κ2) is 4.79. The van der Waals surface area contributed by atoms with Crippen molar-refractivity contribution >= 4 is 0 Å². The molecule has 0 aromatic carbocycles. The first kappa shape index (κ1) is 10.7. The van der Waals surface area contributed by atoms with Crippen LogP contribution < -0.4 is 5.32 Å². The molecule has 3 heteroatoms. The van der Waals surface area contributed by atoms with E-state index in [-0.39, 0.29) is 0 Å².